The Morgan fingerprint density at radius 2 is 1.58 bits per heavy atom. The number of fused-ring (bicyclic) bond motifs is 1. The largest absolute Gasteiger partial charge is 0.490 e. The Morgan fingerprint density at radius 1 is 0.970 bits per heavy atom. The standard InChI is InChI=1S/C18H17F3N2O2S.C2HF3O2/c19-18(20,21)16(24)14-7-8-15(26-14)17(25)22-9-11-23-10-3-5-12-4-1-2-6-13(12)23;3-2(4,5)1(6)7/h1-2,4,6-8H,3,5,9-11H2,(H,22,25);(H,6,7). The van der Waals surface area contributed by atoms with Gasteiger partial charge < -0.3 is 15.3 Å². The smallest absolute Gasteiger partial charge is 0.475 e. The van der Waals surface area contributed by atoms with Gasteiger partial charge in [-0.3, -0.25) is 9.59 Å². The van der Waals surface area contributed by atoms with Gasteiger partial charge in [-0.2, -0.15) is 26.3 Å². The summed E-state index contributed by atoms with van der Waals surface area (Å²) in [6, 6.07) is 10.4. The van der Waals surface area contributed by atoms with Gasteiger partial charge >= 0.3 is 18.3 Å². The summed E-state index contributed by atoms with van der Waals surface area (Å²) in [6.45, 7) is 1.88. The lowest BCUT2D eigenvalue weighted by atomic mass is 10.0. The molecule has 0 fully saturated rings. The second kappa shape index (κ2) is 10.7. The number of amides is 1. The van der Waals surface area contributed by atoms with Gasteiger partial charge in [0.15, 0.2) is 0 Å². The normalized spacial score (nSPS) is 13.5. The molecule has 2 aromatic rings. The molecule has 0 bridgehead atoms. The van der Waals surface area contributed by atoms with Crippen molar-refractivity contribution in [3.8, 4) is 0 Å². The van der Waals surface area contributed by atoms with E-state index >= 15 is 0 Å². The van der Waals surface area contributed by atoms with Gasteiger partial charge in [0.25, 0.3) is 11.7 Å². The van der Waals surface area contributed by atoms with Crippen LogP contribution in [-0.4, -0.2) is 54.8 Å². The molecule has 0 atom stereocenters. The summed E-state index contributed by atoms with van der Waals surface area (Å²) in [7, 11) is 0. The van der Waals surface area contributed by atoms with Crippen LogP contribution in [0.15, 0.2) is 36.4 Å². The number of ketones is 1. The molecule has 2 heterocycles. The summed E-state index contributed by atoms with van der Waals surface area (Å²) < 4.78 is 69.0. The van der Waals surface area contributed by atoms with Crippen molar-refractivity contribution in [1.29, 1.82) is 0 Å². The van der Waals surface area contributed by atoms with Crippen LogP contribution >= 0.6 is 11.3 Å². The van der Waals surface area contributed by atoms with E-state index in [-0.39, 0.29) is 4.88 Å². The number of nitrogens with one attached hydrogen (secondary N) is 1. The summed E-state index contributed by atoms with van der Waals surface area (Å²) in [4.78, 5) is 34.0. The number of alkyl halides is 6. The summed E-state index contributed by atoms with van der Waals surface area (Å²) in [5.74, 6) is -5.15. The van der Waals surface area contributed by atoms with E-state index in [9.17, 15) is 35.9 Å². The molecule has 33 heavy (non-hydrogen) atoms. The quantitative estimate of drug-likeness (QED) is 0.476. The first-order valence-electron chi connectivity index (χ1n) is 9.43. The van der Waals surface area contributed by atoms with E-state index in [1.54, 1.807) is 0 Å². The summed E-state index contributed by atoms with van der Waals surface area (Å²) >= 11 is 0.555. The lowest BCUT2D eigenvalue weighted by Gasteiger charge is -2.31. The minimum absolute atomic E-state index is 0.0941. The first-order valence-corrected chi connectivity index (χ1v) is 10.2. The summed E-state index contributed by atoms with van der Waals surface area (Å²) in [5, 5.41) is 9.83. The molecule has 6 nitrogen and oxygen atoms in total. The van der Waals surface area contributed by atoms with Crippen molar-refractivity contribution in [3.63, 3.8) is 0 Å². The van der Waals surface area contributed by atoms with E-state index in [2.05, 4.69) is 16.3 Å². The van der Waals surface area contributed by atoms with E-state index in [0.29, 0.717) is 24.4 Å². The summed E-state index contributed by atoms with van der Waals surface area (Å²) in [6.07, 6.45) is -7.94. The highest BCUT2D eigenvalue weighted by molar-refractivity contribution is 7.16. The van der Waals surface area contributed by atoms with Crippen LogP contribution in [0.5, 0.6) is 0 Å². The molecule has 1 aliphatic rings. The molecule has 0 unspecified atom stereocenters. The number of hydrogen-bond donors (Lipinski definition) is 2. The zero-order valence-electron chi connectivity index (χ0n) is 16.8. The van der Waals surface area contributed by atoms with Crippen molar-refractivity contribution in [2.75, 3.05) is 24.5 Å². The van der Waals surface area contributed by atoms with E-state index in [1.807, 2.05) is 18.2 Å². The number of carbonyl (C=O) groups is 3. The molecule has 1 amide bonds. The molecule has 0 saturated heterocycles. The lowest BCUT2D eigenvalue weighted by Crippen LogP contribution is -2.37. The van der Waals surface area contributed by atoms with Crippen LogP contribution in [0.2, 0.25) is 0 Å². The molecule has 13 heteroatoms. The zero-order valence-corrected chi connectivity index (χ0v) is 17.6. The lowest BCUT2D eigenvalue weighted by molar-refractivity contribution is -0.192. The number of rotatable bonds is 5. The highest BCUT2D eigenvalue weighted by atomic mass is 32.1. The summed E-state index contributed by atoms with van der Waals surface area (Å²) in [5.41, 5.74) is 2.43. The molecule has 0 aliphatic carbocycles. The number of hydrogen-bond acceptors (Lipinski definition) is 5. The van der Waals surface area contributed by atoms with Crippen LogP contribution in [0.1, 0.15) is 31.3 Å². The number of halogens is 6. The molecule has 180 valence electrons. The van der Waals surface area contributed by atoms with Gasteiger partial charge in [-0.1, -0.05) is 18.2 Å². The Morgan fingerprint density at radius 3 is 2.18 bits per heavy atom. The molecule has 1 aromatic heterocycles. The minimum atomic E-state index is -5.08. The third kappa shape index (κ3) is 7.48. The fourth-order valence-electron chi connectivity index (χ4n) is 2.96. The number of carboxylic acids is 1. The van der Waals surface area contributed by atoms with Crippen LogP contribution in [-0.2, 0) is 11.2 Å². The van der Waals surface area contributed by atoms with Crippen LogP contribution in [0.3, 0.4) is 0 Å². The van der Waals surface area contributed by atoms with E-state index in [1.165, 1.54) is 11.6 Å². The number of anilines is 1. The van der Waals surface area contributed by atoms with E-state index in [4.69, 9.17) is 9.90 Å². The molecule has 0 spiro atoms. The van der Waals surface area contributed by atoms with Crippen molar-refractivity contribution >= 4 is 34.7 Å². The van der Waals surface area contributed by atoms with Gasteiger partial charge in [0.2, 0.25) is 0 Å². The third-order valence-electron chi connectivity index (χ3n) is 4.43. The predicted octanol–water partition coefficient (Wildman–Crippen LogP) is 4.31. The van der Waals surface area contributed by atoms with Crippen molar-refractivity contribution < 1.29 is 45.8 Å². The van der Waals surface area contributed by atoms with Gasteiger partial charge in [0, 0.05) is 25.3 Å². The second-order valence-electron chi connectivity index (χ2n) is 6.77. The molecular weight excluding hydrogens is 478 g/mol. The number of carbonyl (C=O) groups excluding carboxylic acids is 2. The Labute approximate surface area is 187 Å². The first kappa shape index (κ1) is 26.2. The van der Waals surface area contributed by atoms with Crippen LogP contribution in [0.25, 0.3) is 0 Å². The molecule has 1 aromatic carbocycles. The number of Topliss-reactive ketones (excluding diaryl/α,β-unsaturated/α-hetero) is 1. The number of para-hydroxylation sites is 1. The van der Waals surface area contributed by atoms with Gasteiger partial charge in [-0.05, 0) is 36.6 Å². The zero-order chi connectivity index (χ0) is 24.8. The van der Waals surface area contributed by atoms with E-state index < -0.39 is 34.9 Å². The average Bonchev–Trinajstić information content (AvgIpc) is 3.22. The SMILES string of the molecule is O=C(NCCN1CCCc2ccccc21)c1ccc(C(=O)C(F)(F)F)s1.O=C(O)C(F)(F)F. The molecule has 0 radical (unpaired) electrons. The predicted molar refractivity (Wildman–Crippen MR) is 108 cm³/mol. The van der Waals surface area contributed by atoms with Gasteiger partial charge in [-0.25, -0.2) is 4.79 Å². The Balaban J connectivity index is 0.000000479. The Bertz CT molecular complexity index is 1000. The maximum Gasteiger partial charge on any atom is 0.490 e. The molecular formula is C20H18F6N2O4S. The van der Waals surface area contributed by atoms with Gasteiger partial charge in [0.05, 0.1) is 9.75 Å². The highest BCUT2D eigenvalue weighted by Gasteiger charge is 2.40. The topological polar surface area (TPSA) is 86.7 Å². The highest BCUT2D eigenvalue weighted by Crippen LogP contribution is 2.27. The van der Waals surface area contributed by atoms with Crippen molar-refractivity contribution in [2.24, 2.45) is 0 Å². The fourth-order valence-corrected chi connectivity index (χ4v) is 3.84. The van der Waals surface area contributed by atoms with Gasteiger partial charge in [-0.15, -0.1) is 11.3 Å². The minimum Gasteiger partial charge on any atom is -0.475 e. The second-order valence-corrected chi connectivity index (χ2v) is 7.85. The van der Waals surface area contributed by atoms with Crippen LogP contribution in [0.4, 0.5) is 32.0 Å². The fraction of sp³-hybridized carbons (Fsp3) is 0.350. The number of thiophene rings is 1. The number of carboxylic acid groups (broad SMARTS) is 1. The Kier molecular flexibility index (Phi) is 8.47. The first-order chi connectivity index (χ1) is 15.3. The average molecular weight is 496 g/mol. The molecule has 1 aliphatic heterocycles. The third-order valence-corrected chi connectivity index (χ3v) is 5.51. The van der Waals surface area contributed by atoms with Crippen molar-refractivity contribution in [3.05, 3.63) is 51.7 Å². The van der Waals surface area contributed by atoms with Crippen molar-refractivity contribution in [1.82, 2.24) is 5.32 Å². The number of benzene rings is 1. The van der Waals surface area contributed by atoms with Crippen molar-refractivity contribution in [2.45, 2.75) is 25.2 Å². The van der Waals surface area contributed by atoms with Gasteiger partial charge in [0.1, 0.15) is 0 Å². The number of aryl methyl sites for hydroxylation is 1. The number of nitrogens with zero attached hydrogens (tertiary/aromatic N) is 1. The monoisotopic (exact) mass is 496 g/mol. The number of aliphatic carboxylic acids is 1. The molecule has 2 N–H and O–H groups in total. The maximum atomic E-state index is 12.4. The van der Waals surface area contributed by atoms with Crippen LogP contribution in [0, 0.1) is 0 Å². The maximum absolute atomic E-state index is 12.4. The molecule has 0 saturated carbocycles. The van der Waals surface area contributed by atoms with Crippen LogP contribution < -0.4 is 10.2 Å². The van der Waals surface area contributed by atoms with E-state index in [0.717, 1.165) is 31.1 Å². The Hall–Kier alpha value is -3.09. The molecule has 3 rings (SSSR count).